The number of hydrogen-bond donors (Lipinski definition) is 1. The monoisotopic (exact) mass is 367 g/mol. The Labute approximate surface area is 156 Å². The van der Waals surface area contributed by atoms with Crippen molar-refractivity contribution in [2.45, 2.75) is 51.7 Å². The van der Waals surface area contributed by atoms with Crippen LogP contribution >= 0.6 is 11.6 Å². The quantitative estimate of drug-likeness (QED) is 0.451. The van der Waals surface area contributed by atoms with Crippen LogP contribution in [0.3, 0.4) is 0 Å². The van der Waals surface area contributed by atoms with E-state index in [0.717, 1.165) is 23.5 Å². The summed E-state index contributed by atoms with van der Waals surface area (Å²) in [5.41, 5.74) is 3.60. The first kappa shape index (κ1) is 19.9. The number of hydrogen-bond acceptors (Lipinski definition) is 4. The molecule has 0 radical (unpaired) electrons. The summed E-state index contributed by atoms with van der Waals surface area (Å²) in [4.78, 5) is 0. The Morgan fingerprint density at radius 3 is 2.72 bits per heavy atom. The van der Waals surface area contributed by atoms with Crippen molar-refractivity contribution in [2.75, 3.05) is 20.3 Å². The van der Waals surface area contributed by atoms with Crippen molar-refractivity contribution in [3.8, 4) is 0 Å². The Balaban J connectivity index is 2.12. The third kappa shape index (κ3) is 6.12. The maximum absolute atomic E-state index is 6.17. The van der Waals surface area contributed by atoms with Gasteiger partial charge in [-0.15, -0.1) is 0 Å². The van der Waals surface area contributed by atoms with E-state index in [-0.39, 0.29) is 6.10 Å². The molecule has 1 aliphatic carbocycles. The molecule has 0 amide bonds. The highest BCUT2D eigenvalue weighted by Gasteiger charge is 2.26. The fourth-order valence-electron chi connectivity index (χ4n) is 2.69. The lowest BCUT2D eigenvalue weighted by Gasteiger charge is -2.33. The average molecular weight is 368 g/mol. The number of methoxy groups -OCH3 is 1. The van der Waals surface area contributed by atoms with Gasteiger partial charge in [-0.1, -0.05) is 25.4 Å². The maximum atomic E-state index is 6.17. The molecule has 1 N–H and O–H groups in total. The van der Waals surface area contributed by atoms with Crippen molar-refractivity contribution in [2.24, 2.45) is 5.92 Å². The Bertz CT molecular complexity index is 533. The molecule has 0 saturated heterocycles. The molecule has 0 aromatic carbocycles. The van der Waals surface area contributed by atoms with Crippen LogP contribution in [-0.4, -0.2) is 32.5 Å². The van der Waals surface area contributed by atoms with Crippen LogP contribution in [0.2, 0.25) is 0 Å². The van der Waals surface area contributed by atoms with Gasteiger partial charge in [-0.3, -0.25) is 0 Å². The zero-order chi connectivity index (χ0) is 18.1. The van der Waals surface area contributed by atoms with E-state index in [1.165, 1.54) is 24.8 Å². The zero-order valence-corrected chi connectivity index (χ0v) is 16.2. The van der Waals surface area contributed by atoms with Crippen molar-refractivity contribution in [1.29, 1.82) is 0 Å². The van der Waals surface area contributed by atoms with Crippen molar-refractivity contribution in [3.05, 3.63) is 47.1 Å². The molecule has 0 aromatic heterocycles. The van der Waals surface area contributed by atoms with E-state index in [2.05, 4.69) is 25.2 Å². The zero-order valence-electron chi connectivity index (χ0n) is 15.5. The van der Waals surface area contributed by atoms with Gasteiger partial charge in [-0.2, -0.15) is 0 Å². The Kier molecular flexibility index (Phi) is 8.42. The molecule has 1 heterocycles. The van der Waals surface area contributed by atoms with Gasteiger partial charge in [0.25, 0.3) is 0 Å². The topological polar surface area (TPSA) is 39.7 Å². The minimum absolute atomic E-state index is 0.0307. The summed E-state index contributed by atoms with van der Waals surface area (Å²) < 4.78 is 16.7. The standard InChI is InChI=1S/C20H30ClNO3/c1-15(2)20-14-18(22-16-6-4-7-16)17(8-10-21)19(25-20)9-13-24-12-5-11-23-3/h8-10,13-16,20,22H,4-7,11-12H2,1-3H3/b10-8+,13-9+. The molecule has 4 nitrogen and oxygen atoms in total. The second-order valence-electron chi connectivity index (χ2n) is 6.77. The van der Waals surface area contributed by atoms with Gasteiger partial charge in [0.2, 0.25) is 0 Å². The number of ether oxygens (including phenoxy) is 3. The van der Waals surface area contributed by atoms with E-state index in [1.54, 1.807) is 13.4 Å². The molecule has 2 rings (SSSR count). The maximum Gasteiger partial charge on any atom is 0.132 e. The molecule has 1 fully saturated rings. The SMILES string of the molecule is COCCCO/C=C/C1=C(/C=C/Cl)C(NC2CCC2)=CC(C(C)C)O1. The highest BCUT2D eigenvalue weighted by atomic mass is 35.5. The third-order valence-corrected chi connectivity index (χ3v) is 4.55. The predicted octanol–water partition coefficient (Wildman–Crippen LogP) is 4.64. The average Bonchev–Trinajstić information content (AvgIpc) is 2.55. The molecule has 25 heavy (non-hydrogen) atoms. The summed E-state index contributed by atoms with van der Waals surface area (Å²) in [6, 6.07) is 0.548. The van der Waals surface area contributed by atoms with Gasteiger partial charge < -0.3 is 19.5 Å². The van der Waals surface area contributed by atoms with Crippen molar-refractivity contribution >= 4 is 11.6 Å². The van der Waals surface area contributed by atoms with Gasteiger partial charge in [0.15, 0.2) is 0 Å². The van der Waals surface area contributed by atoms with Crippen LogP contribution in [0, 0.1) is 5.92 Å². The first-order valence-electron chi connectivity index (χ1n) is 9.09. The van der Waals surface area contributed by atoms with Crippen molar-refractivity contribution < 1.29 is 14.2 Å². The lowest BCUT2D eigenvalue weighted by Crippen LogP contribution is -2.37. The summed E-state index contributed by atoms with van der Waals surface area (Å²) in [6.07, 6.45) is 12.2. The van der Waals surface area contributed by atoms with Crippen LogP contribution in [0.25, 0.3) is 0 Å². The fourth-order valence-corrected chi connectivity index (χ4v) is 2.81. The molecule has 1 aliphatic heterocycles. The molecule has 0 aromatic rings. The molecule has 1 saturated carbocycles. The van der Waals surface area contributed by atoms with Crippen LogP contribution in [0.15, 0.2) is 47.1 Å². The largest absolute Gasteiger partial charge is 0.501 e. The first-order valence-corrected chi connectivity index (χ1v) is 9.53. The van der Waals surface area contributed by atoms with Crippen LogP contribution in [-0.2, 0) is 14.2 Å². The second kappa shape index (κ2) is 10.6. The summed E-state index contributed by atoms with van der Waals surface area (Å²) in [5.74, 6) is 1.16. The molecule has 2 aliphatic rings. The van der Waals surface area contributed by atoms with Gasteiger partial charge in [0.1, 0.15) is 11.9 Å². The van der Waals surface area contributed by atoms with Crippen molar-refractivity contribution in [1.82, 2.24) is 5.32 Å². The minimum Gasteiger partial charge on any atom is -0.501 e. The lowest BCUT2D eigenvalue weighted by atomic mass is 9.91. The molecule has 5 heteroatoms. The number of allylic oxidation sites excluding steroid dienone is 2. The smallest absolute Gasteiger partial charge is 0.132 e. The van der Waals surface area contributed by atoms with Crippen LogP contribution in [0.5, 0.6) is 0 Å². The van der Waals surface area contributed by atoms with E-state index >= 15 is 0 Å². The van der Waals surface area contributed by atoms with Crippen molar-refractivity contribution in [3.63, 3.8) is 0 Å². The summed E-state index contributed by atoms with van der Waals surface area (Å²) >= 11 is 5.87. The van der Waals surface area contributed by atoms with E-state index in [9.17, 15) is 0 Å². The number of nitrogens with one attached hydrogen (secondary N) is 1. The molecule has 1 unspecified atom stereocenters. The van der Waals surface area contributed by atoms with Crippen LogP contribution in [0.4, 0.5) is 0 Å². The van der Waals surface area contributed by atoms with E-state index in [1.807, 2.05) is 12.2 Å². The molecule has 1 atom stereocenters. The summed E-state index contributed by atoms with van der Waals surface area (Å²) in [6.45, 7) is 5.63. The Morgan fingerprint density at radius 1 is 1.32 bits per heavy atom. The first-order chi connectivity index (χ1) is 12.2. The van der Waals surface area contributed by atoms with Crippen LogP contribution in [0.1, 0.15) is 39.5 Å². The van der Waals surface area contributed by atoms with Crippen LogP contribution < -0.4 is 5.32 Å². The number of halogens is 1. The Morgan fingerprint density at radius 2 is 2.12 bits per heavy atom. The highest BCUT2D eigenvalue weighted by Crippen LogP contribution is 2.30. The van der Waals surface area contributed by atoms with E-state index in [4.69, 9.17) is 25.8 Å². The van der Waals surface area contributed by atoms with Gasteiger partial charge in [-0.25, -0.2) is 0 Å². The lowest BCUT2D eigenvalue weighted by molar-refractivity contribution is 0.115. The molecule has 140 valence electrons. The fraction of sp³-hybridized carbons (Fsp3) is 0.600. The molecular formula is C20H30ClNO3. The second-order valence-corrected chi connectivity index (χ2v) is 7.02. The predicted molar refractivity (Wildman–Crippen MR) is 102 cm³/mol. The van der Waals surface area contributed by atoms with Gasteiger partial charge in [0.05, 0.1) is 12.9 Å². The van der Waals surface area contributed by atoms with E-state index < -0.39 is 0 Å². The van der Waals surface area contributed by atoms with E-state index in [0.29, 0.717) is 25.2 Å². The van der Waals surface area contributed by atoms with Gasteiger partial charge >= 0.3 is 0 Å². The normalized spacial score (nSPS) is 21.6. The summed E-state index contributed by atoms with van der Waals surface area (Å²) in [5, 5.41) is 3.65. The molecule has 0 bridgehead atoms. The van der Waals surface area contributed by atoms with Gasteiger partial charge in [-0.05, 0) is 37.3 Å². The number of rotatable bonds is 10. The minimum atomic E-state index is 0.0307. The molecular weight excluding hydrogens is 338 g/mol. The Hall–Kier alpha value is -1.39. The highest BCUT2D eigenvalue weighted by molar-refractivity contribution is 6.25. The third-order valence-electron chi connectivity index (χ3n) is 4.43. The molecule has 0 spiro atoms. The van der Waals surface area contributed by atoms with Gasteiger partial charge in [0, 0.05) is 49.1 Å². The summed E-state index contributed by atoms with van der Waals surface area (Å²) in [7, 11) is 1.69.